The number of ether oxygens (including phenoxy) is 1. The van der Waals surface area contributed by atoms with Crippen molar-refractivity contribution in [3.05, 3.63) is 57.8 Å². The molecule has 24 heavy (non-hydrogen) atoms. The highest BCUT2D eigenvalue weighted by Crippen LogP contribution is 2.25. The van der Waals surface area contributed by atoms with Crippen LogP contribution in [0.1, 0.15) is 21.6 Å². The number of carbonyl (C=O) groups excluding carboxylic acids is 1. The molecule has 1 amide bonds. The number of halogens is 1. The van der Waals surface area contributed by atoms with Crippen LogP contribution in [0.2, 0.25) is 0 Å². The summed E-state index contributed by atoms with van der Waals surface area (Å²) < 4.78 is 5.57. The molecule has 0 aliphatic heterocycles. The molecule has 1 N–H and O–H groups in total. The minimum absolute atomic E-state index is 0.226. The number of anilines is 1. The Hall–Kier alpha value is -2.47. The number of amides is 1. The highest BCUT2D eigenvalue weighted by Gasteiger charge is 2.14. The van der Waals surface area contributed by atoms with E-state index in [1.165, 1.54) is 0 Å². The summed E-state index contributed by atoms with van der Waals surface area (Å²) in [5.41, 5.74) is 3.80. The second-order valence-corrected chi connectivity index (χ2v) is 6.21. The van der Waals surface area contributed by atoms with Gasteiger partial charge in [0.15, 0.2) is 0 Å². The number of aromatic nitrogens is 2. The van der Waals surface area contributed by atoms with E-state index in [0.717, 1.165) is 16.5 Å². The van der Waals surface area contributed by atoms with Crippen LogP contribution in [0.15, 0.2) is 41.0 Å². The SMILES string of the molecule is COc1ccc(NC(=O)c2cc3cc(C)ccc3nc2C)c(Br)n1. The summed E-state index contributed by atoms with van der Waals surface area (Å²) in [6.07, 6.45) is 0. The summed E-state index contributed by atoms with van der Waals surface area (Å²) in [4.78, 5) is 21.3. The normalized spacial score (nSPS) is 10.7. The highest BCUT2D eigenvalue weighted by atomic mass is 79.9. The van der Waals surface area contributed by atoms with E-state index in [9.17, 15) is 4.79 Å². The number of nitrogens with zero attached hydrogens (tertiary/aromatic N) is 2. The number of pyridine rings is 2. The van der Waals surface area contributed by atoms with Crippen molar-refractivity contribution >= 4 is 38.4 Å². The molecule has 0 unspecified atom stereocenters. The molecule has 0 saturated heterocycles. The van der Waals surface area contributed by atoms with Gasteiger partial charge in [-0.1, -0.05) is 11.6 Å². The Morgan fingerprint density at radius 2 is 1.92 bits per heavy atom. The van der Waals surface area contributed by atoms with Gasteiger partial charge in [0.05, 0.1) is 29.6 Å². The molecule has 0 aliphatic rings. The van der Waals surface area contributed by atoms with E-state index in [1.54, 1.807) is 19.2 Å². The van der Waals surface area contributed by atoms with Gasteiger partial charge >= 0.3 is 0 Å². The van der Waals surface area contributed by atoms with E-state index in [0.29, 0.717) is 27.4 Å². The maximum Gasteiger partial charge on any atom is 0.257 e. The van der Waals surface area contributed by atoms with Crippen LogP contribution in [-0.2, 0) is 0 Å². The molecule has 2 heterocycles. The topological polar surface area (TPSA) is 64.1 Å². The number of rotatable bonds is 3. The van der Waals surface area contributed by atoms with Crippen LogP contribution in [0.5, 0.6) is 5.88 Å². The number of benzene rings is 1. The predicted molar refractivity (Wildman–Crippen MR) is 97.7 cm³/mol. The molecule has 0 atom stereocenters. The first-order chi connectivity index (χ1) is 11.5. The molecule has 0 saturated carbocycles. The largest absolute Gasteiger partial charge is 0.481 e. The fourth-order valence-corrected chi connectivity index (χ4v) is 2.84. The smallest absolute Gasteiger partial charge is 0.257 e. The number of hydrogen-bond acceptors (Lipinski definition) is 4. The standard InChI is InChI=1S/C18H16BrN3O2/c1-10-4-5-14-12(8-10)9-13(11(2)20-14)18(23)21-15-6-7-16(24-3)22-17(15)19/h4-9H,1-3H3,(H,21,23). The van der Waals surface area contributed by atoms with Gasteiger partial charge < -0.3 is 10.1 Å². The Kier molecular flexibility index (Phi) is 4.49. The van der Waals surface area contributed by atoms with Crippen molar-refractivity contribution in [3.8, 4) is 5.88 Å². The lowest BCUT2D eigenvalue weighted by molar-refractivity contribution is 0.102. The Bertz CT molecular complexity index is 941. The summed E-state index contributed by atoms with van der Waals surface area (Å²) in [6, 6.07) is 11.3. The van der Waals surface area contributed by atoms with Crippen LogP contribution in [0.25, 0.3) is 10.9 Å². The highest BCUT2D eigenvalue weighted by molar-refractivity contribution is 9.10. The van der Waals surface area contributed by atoms with Gasteiger partial charge in [-0.2, -0.15) is 0 Å². The first-order valence-electron chi connectivity index (χ1n) is 7.38. The van der Waals surface area contributed by atoms with Gasteiger partial charge in [-0.05, 0) is 54.0 Å². The number of fused-ring (bicyclic) bond motifs is 1. The molecule has 2 aromatic heterocycles. The fraction of sp³-hybridized carbons (Fsp3) is 0.167. The lowest BCUT2D eigenvalue weighted by Crippen LogP contribution is -2.15. The lowest BCUT2D eigenvalue weighted by Gasteiger charge is -2.10. The lowest BCUT2D eigenvalue weighted by atomic mass is 10.1. The summed E-state index contributed by atoms with van der Waals surface area (Å²) in [7, 11) is 1.54. The van der Waals surface area contributed by atoms with Crippen LogP contribution in [0, 0.1) is 13.8 Å². The molecular weight excluding hydrogens is 370 g/mol. The van der Waals surface area contributed by atoms with Crippen molar-refractivity contribution in [3.63, 3.8) is 0 Å². The average molecular weight is 386 g/mol. The number of hydrogen-bond donors (Lipinski definition) is 1. The minimum atomic E-state index is -0.226. The molecule has 5 nitrogen and oxygen atoms in total. The zero-order chi connectivity index (χ0) is 17.3. The van der Waals surface area contributed by atoms with E-state index in [1.807, 2.05) is 38.1 Å². The molecule has 0 bridgehead atoms. The number of nitrogens with one attached hydrogen (secondary N) is 1. The van der Waals surface area contributed by atoms with Crippen molar-refractivity contribution in [2.75, 3.05) is 12.4 Å². The van der Waals surface area contributed by atoms with E-state index in [4.69, 9.17) is 4.74 Å². The first kappa shape index (κ1) is 16.4. The fourth-order valence-electron chi connectivity index (χ4n) is 2.44. The maximum atomic E-state index is 12.6. The average Bonchev–Trinajstić information content (AvgIpc) is 2.56. The number of aryl methyl sites for hydroxylation is 2. The van der Waals surface area contributed by atoms with Crippen molar-refractivity contribution < 1.29 is 9.53 Å². The quantitative estimate of drug-likeness (QED) is 0.683. The minimum Gasteiger partial charge on any atom is -0.481 e. The second kappa shape index (κ2) is 6.57. The van der Waals surface area contributed by atoms with Crippen molar-refractivity contribution in [1.82, 2.24) is 9.97 Å². The number of carbonyl (C=O) groups is 1. The third-order valence-electron chi connectivity index (χ3n) is 3.69. The third-order valence-corrected chi connectivity index (χ3v) is 4.29. The second-order valence-electron chi connectivity index (χ2n) is 5.46. The first-order valence-corrected chi connectivity index (χ1v) is 8.17. The summed E-state index contributed by atoms with van der Waals surface area (Å²) in [5.74, 6) is 0.245. The monoisotopic (exact) mass is 385 g/mol. The van der Waals surface area contributed by atoms with Crippen LogP contribution in [0.3, 0.4) is 0 Å². The maximum absolute atomic E-state index is 12.6. The zero-order valence-electron chi connectivity index (χ0n) is 13.6. The molecular formula is C18H16BrN3O2. The van der Waals surface area contributed by atoms with Crippen LogP contribution < -0.4 is 10.1 Å². The molecule has 0 fully saturated rings. The van der Waals surface area contributed by atoms with Gasteiger partial charge in [-0.25, -0.2) is 4.98 Å². The van der Waals surface area contributed by atoms with Gasteiger partial charge in [0.1, 0.15) is 4.60 Å². The Labute approximate surface area is 148 Å². The van der Waals surface area contributed by atoms with Crippen LogP contribution >= 0.6 is 15.9 Å². The van der Waals surface area contributed by atoms with Crippen molar-refractivity contribution in [1.29, 1.82) is 0 Å². The molecule has 1 aromatic carbocycles. The molecule has 0 spiro atoms. The third kappa shape index (κ3) is 3.23. The van der Waals surface area contributed by atoms with E-state index in [2.05, 4.69) is 31.2 Å². The molecule has 122 valence electrons. The van der Waals surface area contributed by atoms with Crippen molar-refractivity contribution in [2.45, 2.75) is 13.8 Å². The van der Waals surface area contributed by atoms with Gasteiger partial charge in [-0.3, -0.25) is 9.78 Å². The predicted octanol–water partition coefficient (Wildman–Crippen LogP) is 4.27. The van der Waals surface area contributed by atoms with E-state index >= 15 is 0 Å². The molecule has 0 aliphatic carbocycles. The van der Waals surface area contributed by atoms with Crippen LogP contribution in [0.4, 0.5) is 5.69 Å². The Morgan fingerprint density at radius 3 is 2.62 bits per heavy atom. The summed E-state index contributed by atoms with van der Waals surface area (Å²) >= 11 is 3.34. The van der Waals surface area contributed by atoms with Gasteiger partial charge in [-0.15, -0.1) is 0 Å². The Balaban J connectivity index is 1.95. The van der Waals surface area contributed by atoms with Gasteiger partial charge in [0.25, 0.3) is 5.91 Å². The van der Waals surface area contributed by atoms with Gasteiger partial charge in [0, 0.05) is 11.5 Å². The summed E-state index contributed by atoms with van der Waals surface area (Å²) in [6.45, 7) is 3.84. The van der Waals surface area contributed by atoms with Crippen molar-refractivity contribution in [2.24, 2.45) is 0 Å². The van der Waals surface area contributed by atoms with E-state index < -0.39 is 0 Å². The number of methoxy groups -OCH3 is 1. The molecule has 3 rings (SSSR count). The molecule has 3 aromatic rings. The molecule has 0 radical (unpaired) electrons. The van der Waals surface area contributed by atoms with Crippen LogP contribution in [-0.4, -0.2) is 23.0 Å². The van der Waals surface area contributed by atoms with Gasteiger partial charge in [0.2, 0.25) is 5.88 Å². The zero-order valence-corrected chi connectivity index (χ0v) is 15.1. The Morgan fingerprint density at radius 1 is 1.12 bits per heavy atom. The summed E-state index contributed by atoms with van der Waals surface area (Å²) in [5, 5.41) is 3.80. The molecule has 6 heteroatoms. The van der Waals surface area contributed by atoms with E-state index in [-0.39, 0.29) is 5.91 Å².